The lowest BCUT2D eigenvalue weighted by molar-refractivity contribution is 0.0953. The number of nitrogens with one attached hydrogen (secondary N) is 1. The van der Waals surface area contributed by atoms with Crippen molar-refractivity contribution < 1.29 is 4.79 Å². The van der Waals surface area contributed by atoms with E-state index in [-0.39, 0.29) is 5.56 Å². The zero-order chi connectivity index (χ0) is 15.7. The van der Waals surface area contributed by atoms with Gasteiger partial charge in [-0.2, -0.15) is 0 Å². The predicted molar refractivity (Wildman–Crippen MR) is 83.7 cm³/mol. The van der Waals surface area contributed by atoms with Crippen molar-refractivity contribution in [1.29, 1.82) is 0 Å². The fourth-order valence-electron chi connectivity index (χ4n) is 2.42. The Hall–Kier alpha value is -2.99. The Morgan fingerprint density at radius 3 is 2.73 bits per heavy atom. The first kappa shape index (κ1) is 14.0. The fraction of sp³-hybridized carbons (Fsp3) is 0.0625. The minimum absolute atomic E-state index is 0.173. The molecule has 0 spiro atoms. The van der Waals surface area contributed by atoms with Gasteiger partial charge in [0.2, 0.25) is 0 Å². The summed E-state index contributed by atoms with van der Waals surface area (Å²) in [4.78, 5) is 28.8. The van der Waals surface area contributed by atoms with Gasteiger partial charge in [0.15, 0.2) is 0 Å². The van der Waals surface area contributed by atoms with Crippen LogP contribution in [0, 0.1) is 6.92 Å². The van der Waals surface area contributed by atoms with Crippen molar-refractivity contribution in [3.8, 4) is 5.69 Å². The summed E-state index contributed by atoms with van der Waals surface area (Å²) in [6, 6.07) is 13.8. The highest BCUT2D eigenvalue weighted by molar-refractivity contribution is 5.94. The number of nitrogens with two attached hydrogens (primary N) is 1. The summed E-state index contributed by atoms with van der Waals surface area (Å²) in [6.07, 6.45) is 0. The predicted octanol–water partition coefficient (Wildman–Crippen LogP) is 1.30. The molecule has 3 aromatic rings. The van der Waals surface area contributed by atoms with Crippen molar-refractivity contribution in [2.45, 2.75) is 6.92 Å². The summed E-state index contributed by atoms with van der Waals surface area (Å²) < 4.78 is 1.48. The standard InChI is InChI=1S/C16H14N4O2/c1-10-18-14-8-3-2-7-13(14)16(22)20(10)12-6-4-5-11(9-12)15(21)19-17/h2-9H,17H2,1H3,(H,19,21). The van der Waals surface area contributed by atoms with E-state index in [1.54, 1.807) is 49.4 Å². The van der Waals surface area contributed by atoms with Crippen LogP contribution in [0.1, 0.15) is 16.2 Å². The van der Waals surface area contributed by atoms with Crippen LogP contribution in [0.2, 0.25) is 0 Å². The number of nitrogens with zero attached hydrogens (tertiary/aromatic N) is 2. The van der Waals surface area contributed by atoms with E-state index in [1.165, 1.54) is 4.57 Å². The first-order chi connectivity index (χ1) is 10.6. The summed E-state index contributed by atoms with van der Waals surface area (Å²) in [7, 11) is 0. The highest BCUT2D eigenvalue weighted by atomic mass is 16.2. The fourth-order valence-corrected chi connectivity index (χ4v) is 2.42. The number of nitrogen functional groups attached to an aromatic ring is 1. The number of carbonyl (C=O) groups excluding carboxylic acids is 1. The van der Waals surface area contributed by atoms with E-state index in [9.17, 15) is 9.59 Å². The van der Waals surface area contributed by atoms with Crippen LogP contribution in [-0.4, -0.2) is 15.5 Å². The van der Waals surface area contributed by atoms with Crippen LogP contribution in [0.15, 0.2) is 53.3 Å². The number of hydrogen-bond donors (Lipinski definition) is 2. The molecule has 0 radical (unpaired) electrons. The molecule has 6 nitrogen and oxygen atoms in total. The van der Waals surface area contributed by atoms with Crippen LogP contribution in [0.5, 0.6) is 0 Å². The van der Waals surface area contributed by atoms with Crippen LogP contribution in [0.3, 0.4) is 0 Å². The van der Waals surface area contributed by atoms with E-state index in [0.717, 1.165) is 0 Å². The molecule has 110 valence electrons. The number of amides is 1. The molecular weight excluding hydrogens is 280 g/mol. The lowest BCUT2D eigenvalue weighted by Crippen LogP contribution is -2.30. The van der Waals surface area contributed by atoms with Crippen molar-refractivity contribution in [2.75, 3.05) is 0 Å². The summed E-state index contributed by atoms with van der Waals surface area (Å²) in [5, 5.41) is 0.529. The Labute approximate surface area is 126 Å². The van der Waals surface area contributed by atoms with E-state index in [1.807, 2.05) is 6.07 Å². The smallest absolute Gasteiger partial charge is 0.265 e. The lowest BCUT2D eigenvalue weighted by atomic mass is 10.1. The maximum atomic E-state index is 12.7. The zero-order valence-electron chi connectivity index (χ0n) is 11.9. The minimum atomic E-state index is -0.415. The quantitative estimate of drug-likeness (QED) is 0.423. The summed E-state index contributed by atoms with van der Waals surface area (Å²) in [6.45, 7) is 1.75. The van der Waals surface area contributed by atoms with Gasteiger partial charge in [-0.05, 0) is 37.3 Å². The van der Waals surface area contributed by atoms with Gasteiger partial charge in [0, 0.05) is 5.56 Å². The van der Waals surface area contributed by atoms with E-state index in [4.69, 9.17) is 5.84 Å². The number of rotatable bonds is 2. The third-order valence-corrected chi connectivity index (χ3v) is 3.44. The number of fused-ring (bicyclic) bond motifs is 1. The lowest BCUT2D eigenvalue weighted by Gasteiger charge is -2.11. The second kappa shape index (κ2) is 5.42. The monoisotopic (exact) mass is 294 g/mol. The molecule has 0 fully saturated rings. The molecule has 0 atom stereocenters. The number of carbonyl (C=O) groups is 1. The SMILES string of the molecule is Cc1nc2ccccc2c(=O)n1-c1cccc(C(=O)NN)c1. The molecule has 0 aliphatic carbocycles. The van der Waals surface area contributed by atoms with E-state index >= 15 is 0 Å². The molecule has 0 saturated carbocycles. The molecule has 1 amide bonds. The Balaban J connectivity index is 2.27. The number of aromatic nitrogens is 2. The van der Waals surface area contributed by atoms with Crippen molar-refractivity contribution >= 4 is 16.8 Å². The molecule has 3 rings (SSSR count). The summed E-state index contributed by atoms with van der Waals surface area (Å²) >= 11 is 0. The van der Waals surface area contributed by atoms with Gasteiger partial charge >= 0.3 is 0 Å². The van der Waals surface area contributed by atoms with E-state index in [2.05, 4.69) is 10.4 Å². The normalized spacial score (nSPS) is 10.6. The van der Waals surface area contributed by atoms with Crippen LogP contribution >= 0.6 is 0 Å². The molecule has 2 aromatic carbocycles. The number of aryl methyl sites for hydroxylation is 1. The molecule has 3 N–H and O–H groups in total. The molecule has 0 aliphatic rings. The van der Waals surface area contributed by atoms with Gasteiger partial charge in [0.1, 0.15) is 5.82 Å². The van der Waals surface area contributed by atoms with Gasteiger partial charge in [0.05, 0.1) is 16.6 Å². The van der Waals surface area contributed by atoms with Gasteiger partial charge in [-0.3, -0.25) is 19.6 Å². The van der Waals surface area contributed by atoms with Crippen LogP contribution < -0.4 is 16.8 Å². The summed E-state index contributed by atoms with van der Waals surface area (Å²) in [5.41, 5.74) is 3.50. The number of para-hydroxylation sites is 1. The molecule has 0 aliphatic heterocycles. The topological polar surface area (TPSA) is 90.0 Å². The van der Waals surface area contributed by atoms with Crippen molar-refractivity contribution in [3.05, 3.63) is 70.3 Å². The molecule has 1 heterocycles. The van der Waals surface area contributed by atoms with Crippen molar-refractivity contribution in [1.82, 2.24) is 15.0 Å². The Morgan fingerprint density at radius 1 is 1.18 bits per heavy atom. The third-order valence-electron chi connectivity index (χ3n) is 3.44. The largest absolute Gasteiger partial charge is 0.290 e. The van der Waals surface area contributed by atoms with E-state index < -0.39 is 5.91 Å². The second-order valence-electron chi connectivity index (χ2n) is 4.84. The van der Waals surface area contributed by atoms with Gasteiger partial charge in [-0.1, -0.05) is 18.2 Å². The highest BCUT2D eigenvalue weighted by Gasteiger charge is 2.11. The van der Waals surface area contributed by atoms with Crippen molar-refractivity contribution in [3.63, 3.8) is 0 Å². The zero-order valence-corrected chi connectivity index (χ0v) is 11.9. The van der Waals surface area contributed by atoms with Crippen LogP contribution in [0.4, 0.5) is 0 Å². The minimum Gasteiger partial charge on any atom is -0.290 e. The van der Waals surface area contributed by atoms with Gasteiger partial charge < -0.3 is 0 Å². The molecule has 0 saturated heterocycles. The molecular formula is C16H14N4O2. The average molecular weight is 294 g/mol. The van der Waals surface area contributed by atoms with Gasteiger partial charge in [-0.25, -0.2) is 10.8 Å². The Bertz CT molecular complexity index is 931. The van der Waals surface area contributed by atoms with Gasteiger partial charge in [-0.15, -0.1) is 0 Å². The second-order valence-corrected chi connectivity index (χ2v) is 4.84. The molecule has 1 aromatic heterocycles. The number of hydrogen-bond acceptors (Lipinski definition) is 4. The third kappa shape index (κ3) is 2.25. The average Bonchev–Trinajstić information content (AvgIpc) is 2.54. The van der Waals surface area contributed by atoms with Crippen molar-refractivity contribution in [2.24, 2.45) is 5.84 Å². The molecule has 0 bridgehead atoms. The molecule has 22 heavy (non-hydrogen) atoms. The van der Waals surface area contributed by atoms with Crippen LogP contribution in [0.25, 0.3) is 16.6 Å². The first-order valence-electron chi connectivity index (χ1n) is 6.71. The Morgan fingerprint density at radius 2 is 1.95 bits per heavy atom. The molecule has 0 unspecified atom stereocenters. The Kier molecular flexibility index (Phi) is 3.44. The highest BCUT2D eigenvalue weighted by Crippen LogP contribution is 2.14. The maximum absolute atomic E-state index is 12.7. The van der Waals surface area contributed by atoms with Crippen LogP contribution in [-0.2, 0) is 0 Å². The summed E-state index contributed by atoms with van der Waals surface area (Å²) in [5.74, 6) is 5.28. The van der Waals surface area contributed by atoms with Gasteiger partial charge in [0.25, 0.3) is 11.5 Å². The molecule has 6 heteroatoms. The number of benzene rings is 2. The number of hydrazine groups is 1. The maximum Gasteiger partial charge on any atom is 0.265 e. The van der Waals surface area contributed by atoms with E-state index in [0.29, 0.717) is 28.0 Å². The first-order valence-corrected chi connectivity index (χ1v) is 6.71.